The van der Waals surface area contributed by atoms with Crippen molar-refractivity contribution in [1.82, 2.24) is 0 Å². The number of benzene rings is 2. The first-order valence-corrected chi connectivity index (χ1v) is 7.68. The minimum absolute atomic E-state index is 0.138. The number of amides is 1. The molecule has 0 saturated heterocycles. The van der Waals surface area contributed by atoms with Crippen LogP contribution in [0.25, 0.3) is 6.08 Å². The minimum Gasteiger partial charge on any atom is -0.322 e. The van der Waals surface area contributed by atoms with Gasteiger partial charge in [0, 0.05) is 16.2 Å². The van der Waals surface area contributed by atoms with Crippen LogP contribution in [0.1, 0.15) is 30.9 Å². The van der Waals surface area contributed by atoms with Crippen LogP contribution in [0.15, 0.2) is 59.1 Å². The highest BCUT2D eigenvalue weighted by Gasteiger charge is 1.99. The maximum atomic E-state index is 11.9. The molecule has 0 aliphatic rings. The van der Waals surface area contributed by atoms with Gasteiger partial charge in [0.1, 0.15) is 0 Å². The molecule has 0 aromatic heterocycles. The quantitative estimate of drug-likeness (QED) is 0.757. The van der Waals surface area contributed by atoms with Crippen molar-refractivity contribution in [2.45, 2.75) is 19.8 Å². The molecule has 2 aromatic carbocycles. The molecule has 3 heteroatoms. The van der Waals surface area contributed by atoms with E-state index in [9.17, 15) is 4.79 Å². The number of rotatable bonds is 4. The molecule has 0 atom stereocenters. The second-order valence-electron chi connectivity index (χ2n) is 5.15. The van der Waals surface area contributed by atoms with Gasteiger partial charge in [-0.1, -0.05) is 60.1 Å². The molecule has 1 N–H and O–H groups in total. The van der Waals surface area contributed by atoms with Gasteiger partial charge < -0.3 is 5.32 Å². The summed E-state index contributed by atoms with van der Waals surface area (Å²) in [6.45, 7) is 4.33. The third-order valence-corrected chi connectivity index (χ3v) is 3.62. The Balaban J connectivity index is 1.98. The molecule has 0 heterocycles. The molecule has 0 spiro atoms. The molecule has 2 rings (SSSR count). The molecule has 0 unspecified atom stereocenters. The Hall–Kier alpha value is -1.87. The maximum Gasteiger partial charge on any atom is 0.248 e. The van der Waals surface area contributed by atoms with E-state index in [1.165, 1.54) is 5.56 Å². The summed E-state index contributed by atoms with van der Waals surface area (Å²) in [5.74, 6) is 0.379. The molecule has 0 aliphatic carbocycles. The molecular formula is C18H18BrNO. The van der Waals surface area contributed by atoms with Crippen LogP contribution in [-0.4, -0.2) is 5.91 Å². The Morgan fingerprint density at radius 2 is 1.86 bits per heavy atom. The largest absolute Gasteiger partial charge is 0.322 e. The fourth-order valence-corrected chi connectivity index (χ4v) is 2.31. The lowest BCUT2D eigenvalue weighted by Crippen LogP contribution is -2.07. The Morgan fingerprint density at radius 1 is 1.14 bits per heavy atom. The van der Waals surface area contributed by atoms with Crippen molar-refractivity contribution in [2.75, 3.05) is 5.32 Å². The standard InChI is InChI=1S/C18H18BrNO/c1-13(2)15-9-6-14(7-10-15)8-11-18(21)20-17-5-3-4-16(19)12-17/h3-13H,1-2H3,(H,20,21). The van der Waals surface area contributed by atoms with E-state index >= 15 is 0 Å². The molecule has 0 bridgehead atoms. The Bertz CT molecular complexity index is 645. The summed E-state index contributed by atoms with van der Waals surface area (Å²) in [4.78, 5) is 11.9. The summed E-state index contributed by atoms with van der Waals surface area (Å²) in [6, 6.07) is 15.8. The summed E-state index contributed by atoms with van der Waals surface area (Å²) in [5.41, 5.74) is 3.09. The van der Waals surface area contributed by atoms with Crippen molar-refractivity contribution in [3.63, 3.8) is 0 Å². The van der Waals surface area contributed by atoms with Crippen LogP contribution in [-0.2, 0) is 4.79 Å². The molecule has 2 aromatic rings. The van der Waals surface area contributed by atoms with Gasteiger partial charge in [0.05, 0.1) is 0 Å². The van der Waals surface area contributed by atoms with Crippen molar-refractivity contribution in [3.8, 4) is 0 Å². The van der Waals surface area contributed by atoms with Crippen LogP contribution in [0, 0.1) is 0 Å². The van der Waals surface area contributed by atoms with E-state index in [1.807, 2.05) is 42.5 Å². The van der Waals surface area contributed by atoms with Gasteiger partial charge in [-0.2, -0.15) is 0 Å². The number of carbonyl (C=O) groups excluding carboxylic acids is 1. The average molecular weight is 344 g/mol. The van der Waals surface area contributed by atoms with Gasteiger partial charge in [-0.05, 0) is 41.3 Å². The fraction of sp³-hybridized carbons (Fsp3) is 0.167. The van der Waals surface area contributed by atoms with Gasteiger partial charge in [0.15, 0.2) is 0 Å². The first-order chi connectivity index (χ1) is 10.0. The normalized spacial score (nSPS) is 11.0. The van der Waals surface area contributed by atoms with Crippen molar-refractivity contribution >= 4 is 33.6 Å². The van der Waals surface area contributed by atoms with E-state index in [2.05, 4.69) is 47.2 Å². The van der Waals surface area contributed by atoms with Crippen LogP contribution in [0.2, 0.25) is 0 Å². The third-order valence-electron chi connectivity index (χ3n) is 3.12. The van der Waals surface area contributed by atoms with Gasteiger partial charge in [-0.15, -0.1) is 0 Å². The van der Waals surface area contributed by atoms with Gasteiger partial charge in [-0.25, -0.2) is 0 Å². The second kappa shape index (κ2) is 7.23. The zero-order chi connectivity index (χ0) is 15.2. The zero-order valence-corrected chi connectivity index (χ0v) is 13.7. The average Bonchev–Trinajstić information content (AvgIpc) is 2.45. The molecular weight excluding hydrogens is 326 g/mol. The monoisotopic (exact) mass is 343 g/mol. The smallest absolute Gasteiger partial charge is 0.248 e. The fourth-order valence-electron chi connectivity index (χ4n) is 1.91. The topological polar surface area (TPSA) is 29.1 Å². The van der Waals surface area contributed by atoms with Crippen LogP contribution >= 0.6 is 15.9 Å². The highest BCUT2D eigenvalue weighted by molar-refractivity contribution is 9.10. The van der Waals surface area contributed by atoms with Crippen LogP contribution < -0.4 is 5.32 Å². The maximum absolute atomic E-state index is 11.9. The second-order valence-corrected chi connectivity index (χ2v) is 6.07. The van der Waals surface area contributed by atoms with Crippen LogP contribution in [0.3, 0.4) is 0 Å². The van der Waals surface area contributed by atoms with E-state index in [0.29, 0.717) is 5.92 Å². The molecule has 108 valence electrons. The number of hydrogen-bond donors (Lipinski definition) is 1. The van der Waals surface area contributed by atoms with Crippen molar-refractivity contribution in [3.05, 3.63) is 70.2 Å². The minimum atomic E-state index is -0.138. The van der Waals surface area contributed by atoms with Gasteiger partial charge in [0.2, 0.25) is 5.91 Å². The zero-order valence-electron chi connectivity index (χ0n) is 12.1. The van der Waals surface area contributed by atoms with Crippen molar-refractivity contribution < 1.29 is 4.79 Å². The SMILES string of the molecule is CC(C)c1ccc(C=CC(=O)Nc2cccc(Br)c2)cc1. The number of carbonyl (C=O) groups is 1. The van der Waals surface area contributed by atoms with Gasteiger partial charge in [-0.3, -0.25) is 4.79 Å². The highest BCUT2D eigenvalue weighted by atomic mass is 79.9. The lowest BCUT2D eigenvalue weighted by molar-refractivity contribution is -0.111. The van der Waals surface area contributed by atoms with Crippen molar-refractivity contribution in [2.24, 2.45) is 0 Å². The van der Waals surface area contributed by atoms with E-state index in [4.69, 9.17) is 0 Å². The molecule has 0 aliphatic heterocycles. The Morgan fingerprint density at radius 3 is 2.48 bits per heavy atom. The summed E-state index contributed by atoms with van der Waals surface area (Å²) < 4.78 is 0.938. The summed E-state index contributed by atoms with van der Waals surface area (Å²) in [7, 11) is 0. The van der Waals surface area contributed by atoms with Crippen LogP contribution in [0.4, 0.5) is 5.69 Å². The van der Waals surface area contributed by atoms with E-state index in [0.717, 1.165) is 15.7 Å². The van der Waals surface area contributed by atoms with E-state index in [1.54, 1.807) is 6.08 Å². The number of hydrogen-bond acceptors (Lipinski definition) is 1. The summed E-state index contributed by atoms with van der Waals surface area (Å²) in [5, 5.41) is 2.83. The lowest BCUT2D eigenvalue weighted by atomic mass is 10.0. The first kappa shape index (κ1) is 15.5. The number of halogens is 1. The van der Waals surface area contributed by atoms with E-state index in [-0.39, 0.29) is 5.91 Å². The van der Waals surface area contributed by atoms with Gasteiger partial charge >= 0.3 is 0 Å². The Kier molecular flexibility index (Phi) is 5.34. The molecule has 0 saturated carbocycles. The highest BCUT2D eigenvalue weighted by Crippen LogP contribution is 2.17. The molecule has 0 radical (unpaired) electrons. The third kappa shape index (κ3) is 4.87. The molecule has 21 heavy (non-hydrogen) atoms. The molecule has 2 nitrogen and oxygen atoms in total. The number of nitrogens with one attached hydrogen (secondary N) is 1. The van der Waals surface area contributed by atoms with Gasteiger partial charge in [0.25, 0.3) is 0 Å². The predicted octanol–water partition coefficient (Wildman–Crippen LogP) is 5.22. The predicted molar refractivity (Wildman–Crippen MR) is 92.3 cm³/mol. The summed E-state index contributed by atoms with van der Waals surface area (Å²) in [6.07, 6.45) is 3.36. The lowest BCUT2D eigenvalue weighted by Gasteiger charge is -2.05. The Labute approximate surface area is 134 Å². The molecule has 1 amide bonds. The van der Waals surface area contributed by atoms with Crippen LogP contribution in [0.5, 0.6) is 0 Å². The molecule has 0 fully saturated rings. The number of anilines is 1. The van der Waals surface area contributed by atoms with Crippen molar-refractivity contribution in [1.29, 1.82) is 0 Å². The first-order valence-electron chi connectivity index (χ1n) is 6.89. The van der Waals surface area contributed by atoms with E-state index < -0.39 is 0 Å². The summed E-state index contributed by atoms with van der Waals surface area (Å²) >= 11 is 3.38.